The molecule has 0 saturated carbocycles. The number of sulfone groups is 1. The van der Waals surface area contributed by atoms with E-state index in [0.717, 1.165) is 0 Å². The van der Waals surface area contributed by atoms with Gasteiger partial charge in [0, 0.05) is 0 Å². The maximum absolute atomic E-state index is 11.5. The van der Waals surface area contributed by atoms with Crippen LogP contribution < -0.4 is 0 Å². The van der Waals surface area contributed by atoms with Crippen molar-refractivity contribution < 1.29 is 17.9 Å². The number of carbonyl (C=O) groups excluding carboxylic acids is 1. The summed E-state index contributed by atoms with van der Waals surface area (Å²) in [6.07, 6.45) is 4.98. The fourth-order valence-corrected chi connectivity index (χ4v) is 2.48. The van der Waals surface area contributed by atoms with E-state index in [1.54, 1.807) is 25.1 Å². The fourth-order valence-electron chi connectivity index (χ4n) is 1.43. The van der Waals surface area contributed by atoms with E-state index < -0.39 is 15.8 Å². The quantitative estimate of drug-likeness (QED) is 0.597. The van der Waals surface area contributed by atoms with Crippen molar-refractivity contribution in [3.05, 3.63) is 35.4 Å². The van der Waals surface area contributed by atoms with E-state index in [9.17, 15) is 13.2 Å². The number of rotatable bonds is 5. The summed E-state index contributed by atoms with van der Waals surface area (Å²) in [6.45, 7) is 1.98. The first kappa shape index (κ1) is 14.3. The van der Waals surface area contributed by atoms with Crippen molar-refractivity contribution in [2.75, 3.05) is 12.4 Å². The van der Waals surface area contributed by atoms with E-state index in [0.29, 0.717) is 11.1 Å². The first-order valence-electron chi connectivity index (χ1n) is 5.38. The molecule has 1 rings (SSSR count). The highest BCUT2D eigenvalue weighted by Gasteiger charge is 2.12. The van der Waals surface area contributed by atoms with E-state index >= 15 is 0 Å². The van der Waals surface area contributed by atoms with Gasteiger partial charge in [-0.2, -0.15) is 0 Å². The van der Waals surface area contributed by atoms with Crippen LogP contribution in [0.5, 0.6) is 0 Å². The summed E-state index contributed by atoms with van der Waals surface area (Å²) in [6, 6.07) is 6.34. The molecule has 96 valence electrons. The van der Waals surface area contributed by atoms with Gasteiger partial charge in [-0.15, -0.1) is 6.42 Å². The summed E-state index contributed by atoms with van der Waals surface area (Å²) < 4.78 is 27.9. The molecule has 0 atom stereocenters. The standard InChI is InChI=1S/C13H14O4S/c1-3-8-18(15,16)10-11-6-5-7-12(9-11)13(14)17-4-2/h1,5-7,9H,4,8,10H2,2H3. The Balaban J connectivity index is 2.90. The van der Waals surface area contributed by atoms with Gasteiger partial charge >= 0.3 is 5.97 Å². The number of hydrogen-bond donors (Lipinski definition) is 0. The second-order valence-electron chi connectivity index (χ2n) is 3.66. The minimum atomic E-state index is -3.33. The van der Waals surface area contributed by atoms with Crippen LogP contribution in [0.25, 0.3) is 0 Å². The second-order valence-corrected chi connectivity index (χ2v) is 5.72. The summed E-state index contributed by atoms with van der Waals surface area (Å²) in [7, 11) is -3.33. The number of benzene rings is 1. The minimum Gasteiger partial charge on any atom is -0.462 e. The van der Waals surface area contributed by atoms with Gasteiger partial charge < -0.3 is 4.74 Å². The normalized spacial score (nSPS) is 10.7. The van der Waals surface area contributed by atoms with Crippen molar-refractivity contribution in [2.24, 2.45) is 0 Å². The lowest BCUT2D eigenvalue weighted by atomic mass is 10.1. The van der Waals surface area contributed by atoms with Crippen LogP contribution in [0.3, 0.4) is 0 Å². The SMILES string of the molecule is C#CCS(=O)(=O)Cc1cccc(C(=O)OCC)c1. The van der Waals surface area contributed by atoms with Crippen molar-refractivity contribution in [3.63, 3.8) is 0 Å². The molecule has 0 saturated heterocycles. The van der Waals surface area contributed by atoms with Crippen LogP contribution in [-0.2, 0) is 20.3 Å². The molecule has 0 aliphatic heterocycles. The molecule has 1 aromatic rings. The van der Waals surface area contributed by atoms with E-state index in [4.69, 9.17) is 11.2 Å². The molecule has 0 spiro atoms. The Hall–Kier alpha value is -1.80. The van der Waals surface area contributed by atoms with Crippen LogP contribution in [0.1, 0.15) is 22.8 Å². The largest absolute Gasteiger partial charge is 0.462 e. The third-order valence-electron chi connectivity index (χ3n) is 2.13. The molecule has 0 aliphatic rings. The maximum Gasteiger partial charge on any atom is 0.338 e. The molecule has 5 heteroatoms. The summed E-state index contributed by atoms with van der Waals surface area (Å²) in [4.78, 5) is 11.5. The molecule has 0 radical (unpaired) electrons. The lowest BCUT2D eigenvalue weighted by molar-refractivity contribution is 0.0526. The lowest BCUT2D eigenvalue weighted by Gasteiger charge is -2.05. The summed E-state index contributed by atoms with van der Waals surface area (Å²) in [5.41, 5.74) is 0.862. The van der Waals surface area contributed by atoms with Gasteiger partial charge in [-0.05, 0) is 24.6 Å². The Bertz CT molecular complexity index is 567. The lowest BCUT2D eigenvalue weighted by Crippen LogP contribution is -2.09. The monoisotopic (exact) mass is 266 g/mol. The van der Waals surface area contributed by atoms with Crippen LogP contribution in [0.15, 0.2) is 24.3 Å². The number of carbonyl (C=O) groups is 1. The minimum absolute atomic E-state index is 0.176. The van der Waals surface area contributed by atoms with Crippen LogP contribution >= 0.6 is 0 Å². The Morgan fingerprint density at radius 1 is 1.44 bits per heavy atom. The maximum atomic E-state index is 11.5. The average Bonchev–Trinajstić information content (AvgIpc) is 2.28. The second kappa shape index (κ2) is 6.22. The molecular weight excluding hydrogens is 252 g/mol. The Morgan fingerprint density at radius 3 is 2.78 bits per heavy atom. The van der Waals surface area contributed by atoms with Gasteiger partial charge in [0.2, 0.25) is 0 Å². The summed E-state index contributed by atoms with van der Waals surface area (Å²) >= 11 is 0. The van der Waals surface area contributed by atoms with Crippen molar-refractivity contribution >= 4 is 15.8 Å². The van der Waals surface area contributed by atoms with E-state index in [2.05, 4.69) is 5.92 Å². The molecule has 0 N–H and O–H groups in total. The molecular formula is C13H14O4S. The van der Waals surface area contributed by atoms with Gasteiger partial charge in [0.15, 0.2) is 9.84 Å². The molecule has 0 amide bonds. The highest BCUT2D eigenvalue weighted by atomic mass is 32.2. The number of terminal acetylenes is 1. The first-order chi connectivity index (χ1) is 8.48. The zero-order chi connectivity index (χ0) is 13.6. The topological polar surface area (TPSA) is 60.4 Å². The molecule has 4 nitrogen and oxygen atoms in total. The number of hydrogen-bond acceptors (Lipinski definition) is 4. The van der Waals surface area contributed by atoms with Gasteiger partial charge in [0.25, 0.3) is 0 Å². The van der Waals surface area contributed by atoms with Crippen LogP contribution in [0, 0.1) is 12.3 Å². The molecule has 0 aliphatic carbocycles. The van der Waals surface area contributed by atoms with Crippen molar-refractivity contribution in [2.45, 2.75) is 12.7 Å². The average molecular weight is 266 g/mol. The third-order valence-corrected chi connectivity index (χ3v) is 3.51. The van der Waals surface area contributed by atoms with Crippen molar-refractivity contribution in [1.82, 2.24) is 0 Å². The summed E-state index contributed by atoms with van der Waals surface area (Å²) in [5, 5.41) is 0. The molecule has 0 aromatic heterocycles. The predicted molar refractivity (Wildman–Crippen MR) is 68.7 cm³/mol. The van der Waals surface area contributed by atoms with Gasteiger partial charge in [-0.3, -0.25) is 0 Å². The molecule has 0 bridgehead atoms. The van der Waals surface area contributed by atoms with Gasteiger partial charge in [-0.25, -0.2) is 13.2 Å². The van der Waals surface area contributed by atoms with Gasteiger partial charge in [-0.1, -0.05) is 18.1 Å². The predicted octanol–water partition coefficient (Wildman–Crippen LogP) is 1.41. The van der Waals surface area contributed by atoms with Gasteiger partial charge in [0.1, 0.15) is 5.75 Å². The Labute approximate surface area is 107 Å². The third kappa shape index (κ3) is 4.22. The zero-order valence-electron chi connectivity index (χ0n) is 10.0. The van der Waals surface area contributed by atoms with Gasteiger partial charge in [0.05, 0.1) is 17.9 Å². The van der Waals surface area contributed by atoms with Crippen molar-refractivity contribution in [3.8, 4) is 12.3 Å². The molecule has 0 heterocycles. The van der Waals surface area contributed by atoms with Crippen LogP contribution in [-0.4, -0.2) is 26.7 Å². The van der Waals surface area contributed by atoms with Crippen LogP contribution in [0.2, 0.25) is 0 Å². The Kier molecular flexibility index (Phi) is 4.93. The number of ether oxygens (including phenoxy) is 1. The van der Waals surface area contributed by atoms with E-state index in [1.807, 2.05) is 0 Å². The van der Waals surface area contributed by atoms with E-state index in [1.165, 1.54) is 6.07 Å². The highest BCUT2D eigenvalue weighted by Crippen LogP contribution is 2.10. The highest BCUT2D eigenvalue weighted by molar-refractivity contribution is 7.90. The summed E-state index contributed by atoms with van der Waals surface area (Å²) in [5.74, 6) is 1.16. The first-order valence-corrected chi connectivity index (χ1v) is 7.20. The van der Waals surface area contributed by atoms with Crippen molar-refractivity contribution in [1.29, 1.82) is 0 Å². The smallest absolute Gasteiger partial charge is 0.338 e. The molecule has 0 unspecified atom stereocenters. The van der Waals surface area contributed by atoms with E-state index in [-0.39, 0.29) is 18.1 Å². The number of esters is 1. The van der Waals surface area contributed by atoms with Crippen LogP contribution in [0.4, 0.5) is 0 Å². The zero-order valence-corrected chi connectivity index (χ0v) is 10.9. The molecule has 1 aromatic carbocycles. The molecule has 0 fully saturated rings. The fraction of sp³-hybridized carbons (Fsp3) is 0.308. The molecule has 18 heavy (non-hydrogen) atoms. The Morgan fingerprint density at radius 2 is 2.17 bits per heavy atom.